The number of nitrogens with one attached hydrogen (secondary N) is 1. The Morgan fingerprint density at radius 1 is 1.23 bits per heavy atom. The van der Waals surface area contributed by atoms with E-state index in [0.717, 1.165) is 26.2 Å². The number of aromatic nitrogens is 2. The lowest BCUT2D eigenvalue weighted by atomic mass is 10.1. The second-order valence-electron chi connectivity index (χ2n) is 6.88. The topological polar surface area (TPSA) is 33.1 Å². The van der Waals surface area contributed by atoms with Gasteiger partial charge in [-0.1, -0.05) is 18.2 Å². The van der Waals surface area contributed by atoms with Crippen LogP contribution in [0.5, 0.6) is 0 Å². The Bertz CT molecular complexity index is 589. The Kier molecular flexibility index (Phi) is 3.62. The molecule has 1 N–H and O–H groups in total. The summed E-state index contributed by atoms with van der Waals surface area (Å²) in [5, 5.41) is 3.82. The molecule has 1 saturated carbocycles. The van der Waals surface area contributed by atoms with E-state index in [4.69, 9.17) is 0 Å². The van der Waals surface area contributed by atoms with E-state index in [-0.39, 0.29) is 0 Å². The highest BCUT2D eigenvalue weighted by atomic mass is 15.2. The molecule has 4 heteroatoms. The highest BCUT2D eigenvalue weighted by molar-refractivity contribution is 5.47. The van der Waals surface area contributed by atoms with Crippen molar-refractivity contribution in [3.05, 3.63) is 49.1 Å². The second-order valence-corrected chi connectivity index (χ2v) is 6.88. The molecule has 2 heterocycles. The van der Waals surface area contributed by atoms with Crippen LogP contribution in [0.4, 0.5) is 5.69 Å². The number of benzene rings is 1. The predicted molar refractivity (Wildman–Crippen MR) is 89.0 cm³/mol. The molecule has 4 nitrogen and oxygen atoms in total. The maximum absolute atomic E-state index is 4.15. The summed E-state index contributed by atoms with van der Waals surface area (Å²) in [7, 11) is 0. The minimum Gasteiger partial charge on any atom is -0.370 e. The van der Waals surface area contributed by atoms with Gasteiger partial charge in [-0.2, -0.15) is 0 Å². The molecule has 1 atom stereocenters. The molecule has 0 bridgehead atoms. The molecule has 1 aromatic carbocycles. The second kappa shape index (κ2) is 5.76. The van der Waals surface area contributed by atoms with Crippen molar-refractivity contribution in [3.8, 4) is 0 Å². The van der Waals surface area contributed by atoms with Crippen molar-refractivity contribution >= 4 is 5.69 Å². The summed E-state index contributed by atoms with van der Waals surface area (Å²) >= 11 is 0. The normalized spacial score (nSPS) is 22.9. The third-order valence-corrected chi connectivity index (χ3v) is 5.11. The van der Waals surface area contributed by atoms with E-state index in [1.807, 2.05) is 12.5 Å². The summed E-state index contributed by atoms with van der Waals surface area (Å²) < 4.78 is 2.22. The van der Waals surface area contributed by atoms with Crippen molar-refractivity contribution in [2.24, 2.45) is 5.41 Å². The van der Waals surface area contributed by atoms with E-state index in [0.29, 0.717) is 11.5 Å². The van der Waals surface area contributed by atoms with Crippen molar-refractivity contribution in [2.45, 2.75) is 31.8 Å². The molecule has 1 saturated heterocycles. The van der Waals surface area contributed by atoms with Crippen LogP contribution in [-0.4, -0.2) is 35.2 Å². The summed E-state index contributed by atoms with van der Waals surface area (Å²) in [6.07, 6.45) is 9.81. The first-order valence-corrected chi connectivity index (χ1v) is 8.32. The standard InChI is InChI=1S/C18H24N4/c1-2-4-17(5-3-1)22-10-6-16(12-22)20-13-18(7-8-18)14-21-11-9-19-15-21/h1-5,9,11,15-16,20H,6-8,10,12-14H2. The van der Waals surface area contributed by atoms with Gasteiger partial charge in [-0.05, 0) is 31.4 Å². The first kappa shape index (κ1) is 13.8. The van der Waals surface area contributed by atoms with Crippen LogP contribution in [0.25, 0.3) is 0 Å². The zero-order valence-corrected chi connectivity index (χ0v) is 13.0. The fourth-order valence-corrected chi connectivity index (χ4v) is 3.50. The minimum atomic E-state index is 0.473. The molecular formula is C18H24N4. The van der Waals surface area contributed by atoms with Gasteiger partial charge in [-0.15, -0.1) is 0 Å². The van der Waals surface area contributed by atoms with E-state index in [1.54, 1.807) is 0 Å². The molecule has 0 amide bonds. The van der Waals surface area contributed by atoms with Crippen LogP contribution in [0.2, 0.25) is 0 Å². The van der Waals surface area contributed by atoms with Gasteiger partial charge in [0.05, 0.1) is 6.33 Å². The Hall–Kier alpha value is -1.81. The molecular weight excluding hydrogens is 272 g/mol. The third-order valence-electron chi connectivity index (χ3n) is 5.11. The van der Waals surface area contributed by atoms with E-state index < -0.39 is 0 Å². The molecule has 0 radical (unpaired) electrons. The Labute approximate surface area is 132 Å². The summed E-state index contributed by atoms with van der Waals surface area (Å²) in [4.78, 5) is 6.64. The number of hydrogen-bond acceptors (Lipinski definition) is 3. The van der Waals surface area contributed by atoms with Crippen molar-refractivity contribution < 1.29 is 0 Å². The van der Waals surface area contributed by atoms with Gasteiger partial charge in [-0.25, -0.2) is 4.98 Å². The molecule has 2 fully saturated rings. The Balaban J connectivity index is 1.28. The lowest BCUT2D eigenvalue weighted by Gasteiger charge is -2.21. The first-order valence-electron chi connectivity index (χ1n) is 8.32. The lowest BCUT2D eigenvalue weighted by Crippen LogP contribution is -2.37. The van der Waals surface area contributed by atoms with Crippen LogP contribution in [-0.2, 0) is 6.54 Å². The highest BCUT2D eigenvalue weighted by Gasteiger charge is 2.43. The summed E-state index contributed by atoms with van der Waals surface area (Å²) in [5.74, 6) is 0. The van der Waals surface area contributed by atoms with Gasteiger partial charge in [0.25, 0.3) is 0 Å². The van der Waals surface area contributed by atoms with Gasteiger partial charge in [0.1, 0.15) is 0 Å². The quantitative estimate of drug-likeness (QED) is 0.889. The number of rotatable bonds is 6. The van der Waals surface area contributed by atoms with Gasteiger partial charge in [0.15, 0.2) is 0 Å². The summed E-state index contributed by atoms with van der Waals surface area (Å²) in [5.41, 5.74) is 1.83. The van der Waals surface area contributed by atoms with Crippen molar-refractivity contribution in [3.63, 3.8) is 0 Å². The smallest absolute Gasteiger partial charge is 0.0946 e. The van der Waals surface area contributed by atoms with E-state index in [1.165, 1.54) is 24.9 Å². The zero-order chi connectivity index (χ0) is 14.8. The van der Waals surface area contributed by atoms with Gasteiger partial charge in [0, 0.05) is 55.7 Å². The maximum Gasteiger partial charge on any atom is 0.0946 e. The highest BCUT2D eigenvalue weighted by Crippen LogP contribution is 2.46. The van der Waals surface area contributed by atoms with Crippen molar-refractivity contribution in [2.75, 3.05) is 24.5 Å². The van der Waals surface area contributed by atoms with Gasteiger partial charge < -0.3 is 14.8 Å². The summed E-state index contributed by atoms with van der Waals surface area (Å²) in [6, 6.07) is 11.4. The van der Waals surface area contributed by atoms with Crippen LogP contribution in [0, 0.1) is 5.41 Å². The van der Waals surface area contributed by atoms with E-state index in [9.17, 15) is 0 Å². The van der Waals surface area contributed by atoms with Crippen LogP contribution >= 0.6 is 0 Å². The molecule has 1 aromatic heterocycles. The van der Waals surface area contributed by atoms with Crippen LogP contribution in [0.15, 0.2) is 49.1 Å². The van der Waals surface area contributed by atoms with Gasteiger partial charge >= 0.3 is 0 Å². The fourth-order valence-electron chi connectivity index (χ4n) is 3.50. The van der Waals surface area contributed by atoms with Crippen LogP contribution < -0.4 is 10.2 Å². The number of para-hydroxylation sites is 1. The molecule has 1 unspecified atom stereocenters. The van der Waals surface area contributed by atoms with Crippen molar-refractivity contribution in [1.82, 2.24) is 14.9 Å². The number of hydrogen-bond donors (Lipinski definition) is 1. The Morgan fingerprint density at radius 2 is 2.09 bits per heavy atom. The molecule has 2 aromatic rings. The predicted octanol–water partition coefficient (Wildman–Crippen LogP) is 2.53. The molecule has 116 valence electrons. The van der Waals surface area contributed by atoms with Gasteiger partial charge in [0.2, 0.25) is 0 Å². The molecule has 2 aliphatic rings. The molecule has 22 heavy (non-hydrogen) atoms. The maximum atomic E-state index is 4.15. The average molecular weight is 296 g/mol. The molecule has 0 spiro atoms. The molecule has 4 rings (SSSR count). The number of nitrogens with zero attached hydrogens (tertiary/aromatic N) is 3. The monoisotopic (exact) mass is 296 g/mol. The zero-order valence-electron chi connectivity index (χ0n) is 13.0. The number of imidazole rings is 1. The largest absolute Gasteiger partial charge is 0.370 e. The minimum absolute atomic E-state index is 0.473. The average Bonchev–Trinajstić information content (AvgIpc) is 2.94. The molecule has 1 aliphatic heterocycles. The Morgan fingerprint density at radius 3 is 2.82 bits per heavy atom. The van der Waals surface area contributed by atoms with E-state index >= 15 is 0 Å². The lowest BCUT2D eigenvalue weighted by molar-refractivity contribution is 0.371. The van der Waals surface area contributed by atoms with Crippen LogP contribution in [0.1, 0.15) is 19.3 Å². The fraction of sp³-hybridized carbons (Fsp3) is 0.500. The first-order chi connectivity index (χ1) is 10.8. The third kappa shape index (κ3) is 3.02. The van der Waals surface area contributed by atoms with Crippen molar-refractivity contribution in [1.29, 1.82) is 0 Å². The van der Waals surface area contributed by atoms with Gasteiger partial charge in [-0.3, -0.25) is 0 Å². The SMILES string of the molecule is c1ccc(N2CCC(NCC3(Cn4ccnc4)CC3)C2)cc1. The van der Waals surface area contributed by atoms with Crippen LogP contribution in [0.3, 0.4) is 0 Å². The molecule has 1 aliphatic carbocycles. The summed E-state index contributed by atoms with van der Waals surface area (Å²) in [6.45, 7) is 4.54. The number of anilines is 1. The van der Waals surface area contributed by atoms with E-state index in [2.05, 4.69) is 56.3 Å².